The van der Waals surface area contributed by atoms with Crippen LogP contribution in [0.5, 0.6) is 0 Å². The van der Waals surface area contributed by atoms with Crippen LogP contribution in [0.3, 0.4) is 0 Å². The minimum atomic E-state index is -1.59. The molecule has 0 saturated heterocycles. The van der Waals surface area contributed by atoms with Crippen molar-refractivity contribution in [3.05, 3.63) is 30.3 Å². The molecule has 6 unspecified atom stereocenters. The van der Waals surface area contributed by atoms with Gasteiger partial charge in [0.2, 0.25) is 0 Å². The third-order valence-electron chi connectivity index (χ3n) is 4.57. The van der Waals surface area contributed by atoms with E-state index in [9.17, 15) is 24.4 Å². The van der Waals surface area contributed by atoms with Gasteiger partial charge in [-0.1, -0.05) is 18.2 Å². The predicted octanol–water partition coefficient (Wildman–Crippen LogP) is 0.295. The molecule has 6 nitrogen and oxygen atoms in total. The molecule has 0 amide bonds. The minimum absolute atomic E-state index is 0.0446. The first-order valence-electron chi connectivity index (χ1n) is 6.58. The molecule has 2 aliphatic rings. The average Bonchev–Trinajstić information content (AvgIpc) is 3.13. The lowest BCUT2D eigenvalue weighted by molar-refractivity contribution is -0.145. The topological polar surface area (TPSA) is 124 Å². The highest BCUT2D eigenvalue weighted by Gasteiger charge is 2.77. The van der Waals surface area contributed by atoms with Gasteiger partial charge in [-0.05, 0) is 23.3 Å². The quantitative estimate of drug-likeness (QED) is 0.687. The Kier molecular flexibility index (Phi) is 3.23. The van der Waals surface area contributed by atoms with Crippen LogP contribution in [0.1, 0.15) is 6.42 Å². The van der Waals surface area contributed by atoms with E-state index >= 15 is 0 Å². The van der Waals surface area contributed by atoms with Crippen LogP contribution < -0.4 is 5.73 Å². The summed E-state index contributed by atoms with van der Waals surface area (Å²) in [5.74, 6) is -4.14. The maximum absolute atomic E-state index is 12.6. The van der Waals surface area contributed by atoms with Gasteiger partial charge in [0.05, 0.1) is 5.92 Å². The third-order valence-corrected chi connectivity index (χ3v) is 6.34. The van der Waals surface area contributed by atoms with Crippen LogP contribution in [0.25, 0.3) is 0 Å². The van der Waals surface area contributed by atoms with Gasteiger partial charge in [0.1, 0.15) is 10.8 Å². The molecule has 1 aromatic rings. The molecule has 4 N–H and O–H groups in total. The Balaban J connectivity index is 1.91. The third kappa shape index (κ3) is 2.04. The molecule has 0 heterocycles. The smallest absolute Gasteiger partial charge is 0.324 e. The molecule has 0 aliphatic heterocycles. The van der Waals surface area contributed by atoms with Crippen molar-refractivity contribution >= 4 is 23.1 Å². The van der Waals surface area contributed by atoms with Crippen LogP contribution in [0.4, 0.5) is 0 Å². The lowest BCUT2D eigenvalue weighted by Crippen LogP contribution is -2.51. The normalized spacial score (nSPS) is 38.6. The van der Waals surface area contributed by atoms with Crippen LogP contribution in [0.15, 0.2) is 35.2 Å². The number of fused-ring (bicyclic) bond motifs is 1. The molecule has 0 bridgehead atoms. The van der Waals surface area contributed by atoms with Crippen LogP contribution in [0, 0.1) is 17.8 Å². The molecule has 0 spiro atoms. The highest BCUT2D eigenvalue weighted by molar-refractivity contribution is 7.92. The zero-order valence-electron chi connectivity index (χ0n) is 11.0. The summed E-state index contributed by atoms with van der Waals surface area (Å²) in [5, 5.41) is 18.0. The lowest BCUT2D eigenvalue weighted by atomic mass is 9.91. The van der Waals surface area contributed by atoms with E-state index in [1.165, 1.54) is 0 Å². The Morgan fingerprint density at radius 3 is 2.43 bits per heavy atom. The molecule has 0 aromatic heterocycles. The number of carboxylic acids is 2. The van der Waals surface area contributed by atoms with E-state index in [4.69, 9.17) is 5.73 Å². The number of hydrogen-bond acceptors (Lipinski definition) is 4. The molecule has 2 fully saturated rings. The summed E-state index contributed by atoms with van der Waals surface area (Å²) in [5.41, 5.74) is 4.33. The van der Waals surface area contributed by atoms with Crippen LogP contribution in [-0.2, 0) is 20.8 Å². The number of rotatable bonds is 4. The Hall–Kier alpha value is -1.57. The lowest BCUT2D eigenvalue weighted by Gasteiger charge is -2.25. The SMILES string of the molecule is NC1(C(=O)O)CC([S+]([O-])c2ccccc2)C2C(C(=O)O)C21. The minimum Gasteiger partial charge on any atom is -0.611 e. The average molecular weight is 309 g/mol. The summed E-state index contributed by atoms with van der Waals surface area (Å²) in [4.78, 5) is 23.2. The molecule has 6 atom stereocenters. The number of aliphatic carboxylic acids is 2. The molecule has 1 aromatic carbocycles. The highest BCUT2D eigenvalue weighted by atomic mass is 32.2. The van der Waals surface area contributed by atoms with Gasteiger partial charge in [-0.15, -0.1) is 0 Å². The standard InChI is InChI=1S/C14H15NO5S/c15-14(13(18)19)6-8(9-10(11(9)14)12(16)17)21(20)7-4-2-1-3-5-7/h1-5,8-11H,6,15H2,(H,16,17)(H,18,19). The zero-order valence-corrected chi connectivity index (χ0v) is 11.8. The van der Waals surface area contributed by atoms with E-state index in [1.54, 1.807) is 30.3 Å². The van der Waals surface area contributed by atoms with E-state index in [0.29, 0.717) is 4.90 Å². The summed E-state index contributed by atoms with van der Waals surface area (Å²) in [6.07, 6.45) is 0.0446. The summed E-state index contributed by atoms with van der Waals surface area (Å²) < 4.78 is 12.6. The Bertz CT molecular complexity index is 594. The Morgan fingerprint density at radius 2 is 1.90 bits per heavy atom. The Morgan fingerprint density at radius 1 is 1.29 bits per heavy atom. The van der Waals surface area contributed by atoms with Crippen LogP contribution in [-0.4, -0.2) is 37.5 Å². The summed E-state index contributed by atoms with van der Waals surface area (Å²) in [6, 6.07) is 8.67. The molecule has 0 radical (unpaired) electrons. The van der Waals surface area contributed by atoms with Crippen LogP contribution in [0.2, 0.25) is 0 Å². The van der Waals surface area contributed by atoms with Crippen molar-refractivity contribution in [1.82, 2.24) is 0 Å². The second-order valence-corrected chi connectivity index (χ2v) is 7.34. The molecule has 21 heavy (non-hydrogen) atoms. The number of carboxylic acid groups (broad SMARTS) is 2. The van der Waals surface area contributed by atoms with E-state index in [0.717, 1.165) is 0 Å². The number of nitrogens with two attached hydrogens (primary N) is 1. The highest BCUT2D eigenvalue weighted by Crippen LogP contribution is 2.63. The molecule has 7 heteroatoms. The van der Waals surface area contributed by atoms with E-state index in [-0.39, 0.29) is 6.42 Å². The first kappa shape index (κ1) is 14.4. The fourth-order valence-corrected chi connectivity index (χ4v) is 5.39. The van der Waals surface area contributed by atoms with Crippen molar-refractivity contribution in [1.29, 1.82) is 0 Å². The second-order valence-electron chi connectivity index (χ2n) is 5.67. The van der Waals surface area contributed by atoms with Gasteiger partial charge in [0.15, 0.2) is 4.90 Å². The van der Waals surface area contributed by atoms with Gasteiger partial charge < -0.3 is 20.5 Å². The maximum Gasteiger partial charge on any atom is 0.324 e. The molecule has 2 aliphatic carbocycles. The van der Waals surface area contributed by atoms with Gasteiger partial charge in [-0.3, -0.25) is 9.59 Å². The fraction of sp³-hybridized carbons (Fsp3) is 0.429. The Labute approximate surface area is 124 Å². The van der Waals surface area contributed by atoms with E-state index in [2.05, 4.69) is 0 Å². The van der Waals surface area contributed by atoms with Crippen molar-refractivity contribution in [3.8, 4) is 0 Å². The second kappa shape index (κ2) is 4.72. The maximum atomic E-state index is 12.6. The fourth-order valence-electron chi connectivity index (χ4n) is 3.56. The van der Waals surface area contributed by atoms with Gasteiger partial charge >= 0.3 is 11.9 Å². The van der Waals surface area contributed by atoms with Crippen molar-refractivity contribution in [2.75, 3.05) is 0 Å². The number of hydrogen-bond donors (Lipinski definition) is 3. The van der Waals surface area contributed by atoms with Crippen molar-refractivity contribution < 1.29 is 24.4 Å². The van der Waals surface area contributed by atoms with Crippen molar-refractivity contribution in [2.45, 2.75) is 22.1 Å². The molecule has 112 valence electrons. The first-order valence-corrected chi connectivity index (χ1v) is 7.80. The van der Waals surface area contributed by atoms with E-state index in [1.807, 2.05) is 0 Å². The summed E-state index contributed by atoms with van der Waals surface area (Å²) >= 11 is -1.45. The molecular weight excluding hydrogens is 294 g/mol. The predicted molar refractivity (Wildman–Crippen MR) is 73.9 cm³/mol. The van der Waals surface area contributed by atoms with Gasteiger partial charge in [-0.25, -0.2) is 0 Å². The van der Waals surface area contributed by atoms with Gasteiger partial charge in [-0.2, -0.15) is 0 Å². The monoisotopic (exact) mass is 309 g/mol. The van der Waals surface area contributed by atoms with Crippen LogP contribution >= 0.6 is 0 Å². The van der Waals surface area contributed by atoms with E-state index < -0.39 is 51.7 Å². The molecule has 2 saturated carbocycles. The number of benzene rings is 1. The summed E-state index contributed by atoms with van der Waals surface area (Å²) in [6.45, 7) is 0. The van der Waals surface area contributed by atoms with Gasteiger partial charge in [0.25, 0.3) is 0 Å². The molecule has 3 rings (SSSR count). The largest absolute Gasteiger partial charge is 0.611 e. The van der Waals surface area contributed by atoms with Crippen molar-refractivity contribution in [2.24, 2.45) is 23.5 Å². The molecular formula is C14H15NO5S. The van der Waals surface area contributed by atoms with Gasteiger partial charge in [0, 0.05) is 18.3 Å². The first-order chi connectivity index (χ1) is 9.88. The summed E-state index contributed by atoms with van der Waals surface area (Å²) in [7, 11) is 0. The van der Waals surface area contributed by atoms with Crippen molar-refractivity contribution in [3.63, 3.8) is 0 Å². The zero-order chi connectivity index (χ0) is 15.4. The number of carbonyl (C=O) groups is 2.